The summed E-state index contributed by atoms with van der Waals surface area (Å²) in [6.45, 7) is 4.11. The van der Waals surface area contributed by atoms with Crippen molar-refractivity contribution in [3.8, 4) is 12.3 Å². The van der Waals surface area contributed by atoms with Crippen LogP contribution in [0.2, 0.25) is 0 Å². The van der Waals surface area contributed by atoms with Crippen molar-refractivity contribution in [3.63, 3.8) is 0 Å². The minimum absolute atomic E-state index is 0.0498. The summed E-state index contributed by atoms with van der Waals surface area (Å²) >= 11 is 0. The first kappa shape index (κ1) is 24.1. The smallest absolute Gasteiger partial charge is 0.373 e. The number of aliphatic hydroxyl groups is 1. The second-order valence-corrected chi connectivity index (χ2v) is 11.4. The number of allylic oxidation sites excluding steroid dienone is 2. The van der Waals surface area contributed by atoms with Crippen LogP contribution in [0.15, 0.2) is 16.8 Å². The van der Waals surface area contributed by atoms with Crippen molar-refractivity contribution in [1.82, 2.24) is 5.06 Å². The Morgan fingerprint density at radius 2 is 1.83 bits per heavy atom. The number of hydrogen-bond donors (Lipinski definition) is 1. The number of nitrogens with zero attached hydrogens (tertiary/aromatic N) is 2. The van der Waals surface area contributed by atoms with Crippen molar-refractivity contribution in [2.24, 2.45) is 33.7 Å². The number of hydroxylamine groups is 2. The Bertz CT molecular complexity index is 1040. The zero-order chi connectivity index (χ0) is 25.0. The summed E-state index contributed by atoms with van der Waals surface area (Å²) in [5.41, 5.74) is 1.08. The molecule has 5 aliphatic rings. The van der Waals surface area contributed by atoms with E-state index in [-0.39, 0.29) is 23.7 Å². The van der Waals surface area contributed by atoms with E-state index in [1.165, 1.54) is 5.57 Å². The van der Waals surface area contributed by atoms with Gasteiger partial charge >= 0.3 is 5.97 Å². The first-order valence-corrected chi connectivity index (χ1v) is 12.8. The van der Waals surface area contributed by atoms with Gasteiger partial charge in [0.05, 0.1) is 5.71 Å². The Labute approximate surface area is 206 Å². The van der Waals surface area contributed by atoms with Crippen LogP contribution in [0.3, 0.4) is 0 Å². The van der Waals surface area contributed by atoms with E-state index in [1.54, 1.807) is 0 Å². The van der Waals surface area contributed by atoms with Gasteiger partial charge in [-0.3, -0.25) is 9.59 Å². The van der Waals surface area contributed by atoms with Gasteiger partial charge in [-0.2, -0.15) is 0 Å². The largest absolute Gasteiger partial charge is 0.383 e. The number of imide groups is 1. The molecule has 6 atom stereocenters. The highest BCUT2D eigenvalue weighted by Gasteiger charge is 2.63. The van der Waals surface area contributed by atoms with Crippen LogP contribution < -0.4 is 0 Å². The highest BCUT2D eigenvalue weighted by Crippen LogP contribution is 2.67. The van der Waals surface area contributed by atoms with E-state index < -0.39 is 30.0 Å². The molecule has 35 heavy (non-hydrogen) atoms. The van der Waals surface area contributed by atoms with Crippen LogP contribution in [-0.4, -0.2) is 45.9 Å². The predicted molar refractivity (Wildman–Crippen MR) is 126 cm³/mol. The summed E-state index contributed by atoms with van der Waals surface area (Å²) in [5, 5.41) is 15.8. The Balaban J connectivity index is 1.23. The van der Waals surface area contributed by atoms with Gasteiger partial charge < -0.3 is 14.8 Å². The molecule has 1 heterocycles. The fourth-order valence-electron chi connectivity index (χ4n) is 7.85. The first-order chi connectivity index (χ1) is 16.6. The SMILES string of the molecule is C#C[C@@]1(O)CCC2C3CCC4=CC(=NOCC(=O)ON5C(=O)CCC5=O)CC[C@]4(C)C3CC[C@@]21C. The normalized spacial score (nSPS) is 41.5. The fourth-order valence-corrected chi connectivity index (χ4v) is 7.85. The molecule has 188 valence electrons. The molecule has 8 heteroatoms. The lowest BCUT2D eigenvalue weighted by atomic mass is 9.46. The Morgan fingerprint density at radius 3 is 2.54 bits per heavy atom. The maximum absolute atomic E-state index is 11.9. The minimum Gasteiger partial charge on any atom is -0.383 e. The van der Waals surface area contributed by atoms with Crippen LogP contribution in [0.1, 0.15) is 78.1 Å². The maximum Gasteiger partial charge on any atom is 0.373 e. The second-order valence-electron chi connectivity index (χ2n) is 11.4. The summed E-state index contributed by atoms with van der Waals surface area (Å²) in [6.07, 6.45) is 15.5. The number of terminal acetylenes is 1. The molecule has 0 radical (unpaired) electrons. The summed E-state index contributed by atoms with van der Waals surface area (Å²) in [5.74, 6) is 2.46. The monoisotopic (exact) mass is 482 g/mol. The number of fused-ring (bicyclic) bond motifs is 5. The van der Waals surface area contributed by atoms with Crippen molar-refractivity contribution in [2.45, 2.75) is 83.7 Å². The highest BCUT2D eigenvalue weighted by atomic mass is 16.7. The molecule has 0 aromatic carbocycles. The highest BCUT2D eigenvalue weighted by molar-refractivity contribution is 6.01. The molecule has 3 saturated carbocycles. The standard InChI is InChI=1S/C27H34N2O6/c1-4-27(33)14-11-21-19-6-5-17-15-18(9-12-25(17,2)20(19)10-13-26(21,27)3)28-34-16-24(32)35-29-22(30)7-8-23(29)31/h1,15,19-21,33H,5-14,16H2,2-3H3/t19?,20?,21?,25-,26-,27+/m0/s1. The van der Waals surface area contributed by atoms with Gasteiger partial charge in [-0.15, -0.1) is 11.5 Å². The number of carbonyl (C=O) groups excluding carboxylic acids is 3. The number of amides is 2. The van der Waals surface area contributed by atoms with Gasteiger partial charge in [-0.05, 0) is 80.6 Å². The summed E-state index contributed by atoms with van der Waals surface area (Å²) in [4.78, 5) is 45.1. The van der Waals surface area contributed by atoms with Gasteiger partial charge in [-0.25, -0.2) is 4.79 Å². The number of rotatable bonds is 4. The van der Waals surface area contributed by atoms with Crippen LogP contribution in [0.4, 0.5) is 0 Å². The van der Waals surface area contributed by atoms with Crippen molar-refractivity contribution in [3.05, 3.63) is 11.6 Å². The van der Waals surface area contributed by atoms with Crippen LogP contribution in [0.25, 0.3) is 0 Å². The molecule has 1 N–H and O–H groups in total. The molecule has 0 spiro atoms. The van der Waals surface area contributed by atoms with E-state index in [9.17, 15) is 19.5 Å². The lowest BCUT2D eigenvalue weighted by Crippen LogP contribution is -2.54. The molecule has 0 aromatic heterocycles. The molecule has 1 saturated heterocycles. The lowest BCUT2D eigenvalue weighted by molar-refractivity contribution is -0.200. The zero-order valence-electron chi connectivity index (χ0n) is 20.5. The topological polar surface area (TPSA) is 106 Å². The lowest BCUT2D eigenvalue weighted by Gasteiger charge is -2.58. The van der Waals surface area contributed by atoms with Gasteiger partial charge in [0.25, 0.3) is 11.8 Å². The number of carbonyl (C=O) groups is 3. The van der Waals surface area contributed by atoms with E-state index in [1.807, 2.05) is 0 Å². The van der Waals surface area contributed by atoms with Crippen LogP contribution >= 0.6 is 0 Å². The third kappa shape index (κ3) is 3.70. The van der Waals surface area contributed by atoms with Gasteiger partial charge in [0, 0.05) is 18.3 Å². The Hall–Kier alpha value is -2.66. The van der Waals surface area contributed by atoms with E-state index >= 15 is 0 Å². The summed E-state index contributed by atoms with van der Waals surface area (Å²) in [6, 6.07) is 0. The molecule has 8 nitrogen and oxygen atoms in total. The molecule has 1 aliphatic heterocycles. The number of hydrogen-bond acceptors (Lipinski definition) is 7. The predicted octanol–water partition coefficient (Wildman–Crippen LogP) is 3.29. The fraction of sp³-hybridized carbons (Fsp3) is 0.704. The van der Waals surface area contributed by atoms with Gasteiger partial charge in [-0.1, -0.05) is 30.5 Å². The molecule has 4 fully saturated rings. The zero-order valence-corrected chi connectivity index (χ0v) is 20.5. The molecule has 3 unspecified atom stereocenters. The summed E-state index contributed by atoms with van der Waals surface area (Å²) < 4.78 is 0. The third-order valence-electron chi connectivity index (χ3n) is 9.93. The molecular weight excluding hydrogens is 448 g/mol. The van der Waals surface area contributed by atoms with Crippen molar-refractivity contribution in [1.29, 1.82) is 0 Å². The van der Waals surface area contributed by atoms with Gasteiger partial charge in [0.15, 0.2) is 0 Å². The minimum atomic E-state index is -0.986. The first-order valence-electron chi connectivity index (χ1n) is 12.8. The van der Waals surface area contributed by atoms with E-state index in [0.717, 1.165) is 50.7 Å². The molecule has 0 aromatic rings. The molecule has 2 amide bonds. The second kappa shape index (κ2) is 8.48. The van der Waals surface area contributed by atoms with Gasteiger partial charge in [0.2, 0.25) is 6.61 Å². The van der Waals surface area contributed by atoms with Crippen LogP contribution in [0, 0.1) is 40.9 Å². The molecule has 4 aliphatic carbocycles. The van der Waals surface area contributed by atoms with Crippen molar-refractivity contribution >= 4 is 23.5 Å². The van der Waals surface area contributed by atoms with E-state index in [2.05, 4.69) is 31.0 Å². The van der Waals surface area contributed by atoms with Gasteiger partial charge in [0.1, 0.15) is 5.60 Å². The van der Waals surface area contributed by atoms with Crippen molar-refractivity contribution < 1.29 is 29.2 Å². The third-order valence-corrected chi connectivity index (χ3v) is 9.93. The summed E-state index contributed by atoms with van der Waals surface area (Å²) in [7, 11) is 0. The van der Waals surface area contributed by atoms with Crippen LogP contribution in [-0.2, 0) is 24.1 Å². The average Bonchev–Trinajstić information content (AvgIpc) is 3.29. The quantitative estimate of drug-likeness (QED) is 0.375. The average molecular weight is 483 g/mol. The molecule has 0 bridgehead atoms. The number of oxime groups is 1. The Morgan fingerprint density at radius 1 is 1.11 bits per heavy atom. The van der Waals surface area contributed by atoms with E-state index in [0.29, 0.717) is 29.2 Å². The Kier molecular flexibility index (Phi) is 5.83. The van der Waals surface area contributed by atoms with Crippen molar-refractivity contribution in [2.75, 3.05) is 6.61 Å². The maximum atomic E-state index is 11.9. The van der Waals surface area contributed by atoms with Crippen LogP contribution in [0.5, 0.6) is 0 Å². The molecule has 5 rings (SSSR count). The molecular formula is C27H34N2O6. The van der Waals surface area contributed by atoms with E-state index in [4.69, 9.17) is 16.1 Å².